The Morgan fingerprint density at radius 2 is 2.12 bits per heavy atom. The molecule has 25 heavy (non-hydrogen) atoms. The number of nitrogens with two attached hydrogens (primary N) is 2. The maximum Gasteiger partial charge on any atom is 0.336 e. The minimum Gasteiger partial charge on any atom is -0.463 e. The molecule has 0 bridgehead atoms. The number of esters is 1. The predicted molar refractivity (Wildman–Crippen MR) is 96.3 cm³/mol. The molecule has 1 heterocycles. The van der Waals surface area contributed by atoms with E-state index in [9.17, 15) is 9.18 Å². The number of ether oxygens (including phenoxy) is 1. The van der Waals surface area contributed by atoms with E-state index in [1.54, 1.807) is 26.0 Å². The van der Waals surface area contributed by atoms with E-state index in [1.807, 2.05) is 6.92 Å². The molecule has 1 aromatic rings. The Balaban J connectivity index is 2.75. The SMILES string of the molecule is CCCC1=C(C(=O)OCC)C(c2cccc(F)c2C)/C(=C/N)C(N)=N1. The van der Waals surface area contributed by atoms with Crippen LogP contribution in [-0.4, -0.2) is 18.4 Å². The normalized spacial score (nSPS) is 19.1. The van der Waals surface area contributed by atoms with E-state index in [0.717, 1.165) is 6.42 Å². The highest BCUT2D eigenvalue weighted by Crippen LogP contribution is 2.40. The van der Waals surface area contributed by atoms with Crippen molar-refractivity contribution >= 4 is 11.8 Å². The molecule has 6 heteroatoms. The van der Waals surface area contributed by atoms with Gasteiger partial charge >= 0.3 is 5.97 Å². The van der Waals surface area contributed by atoms with Crippen molar-refractivity contribution in [3.63, 3.8) is 0 Å². The molecule has 0 spiro atoms. The van der Waals surface area contributed by atoms with Crippen LogP contribution in [0.4, 0.5) is 4.39 Å². The second kappa shape index (κ2) is 7.96. The Morgan fingerprint density at radius 3 is 2.72 bits per heavy atom. The molecule has 0 aliphatic carbocycles. The fourth-order valence-electron chi connectivity index (χ4n) is 3.05. The molecule has 0 radical (unpaired) electrons. The molecule has 1 aromatic carbocycles. The molecule has 1 unspecified atom stereocenters. The van der Waals surface area contributed by atoms with E-state index in [0.29, 0.717) is 34.4 Å². The fourth-order valence-corrected chi connectivity index (χ4v) is 3.05. The van der Waals surface area contributed by atoms with E-state index < -0.39 is 11.9 Å². The zero-order chi connectivity index (χ0) is 18.6. The van der Waals surface area contributed by atoms with Crippen molar-refractivity contribution in [2.24, 2.45) is 16.5 Å². The van der Waals surface area contributed by atoms with Crippen molar-refractivity contribution in [3.05, 3.63) is 58.2 Å². The van der Waals surface area contributed by atoms with Gasteiger partial charge in [0.2, 0.25) is 0 Å². The van der Waals surface area contributed by atoms with Crippen LogP contribution in [0.5, 0.6) is 0 Å². The molecule has 1 atom stereocenters. The minimum absolute atomic E-state index is 0.234. The highest BCUT2D eigenvalue weighted by molar-refractivity contribution is 6.05. The van der Waals surface area contributed by atoms with Gasteiger partial charge in [-0.15, -0.1) is 0 Å². The fraction of sp³-hybridized carbons (Fsp3) is 0.368. The number of hydrogen-bond acceptors (Lipinski definition) is 5. The first-order chi connectivity index (χ1) is 12.0. The van der Waals surface area contributed by atoms with Gasteiger partial charge in [-0.2, -0.15) is 0 Å². The number of amidine groups is 1. The Kier molecular flexibility index (Phi) is 5.96. The first-order valence-electron chi connectivity index (χ1n) is 8.37. The van der Waals surface area contributed by atoms with Crippen molar-refractivity contribution in [1.82, 2.24) is 0 Å². The van der Waals surface area contributed by atoms with Crippen molar-refractivity contribution in [1.29, 1.82) is 0 Å². The number of halogens is 1. The number of rotatable bonds is 5. The molecule has 134 valence electrons. The molecule has 2 rings (SSSR count). The molecular formula is C19H24FN3O2. The zero-order valence-electron chi connectivity index (χ0n) is 14.8. The van der Waals surface area contributed by atoms with E-state index in [2.05, 4.69) is 4.99 Å². The first-order valence-corrected chi connectivity index (χ1v) is 8.37. The topological polar surface area (TPSA) is 90.7 Å². The summed E-state index contributed by atoms with van der Waals surface area (Å²) in [7, 11) is 0. The van der Waals surface area contributed by atoms with Crippen molar-refractivity contribution < 1.29 is 13.9 Å². The van der Waals surface area contributed by atoms with Crippen LogP contribution in [-0.2, 0) is 9.53 Å². The lowest BCUT2D eigenvalue weighted by atomic mass is 9.79. The summed E-state index contributed by atoms with van der Waals surface area (Å²) in [6.07, 6.45) is 2.68. The maximum atomic E-state index is 14.1. The molecule has 0 fully saturated rings. The van der Waals surface area contributed by atoms with Gasteiger partial charge in [0.05, 0.1) is 17.9 Å². The van der Waals surface area contributed by atoms with Crippen LogP contribution in [0.2, 0.25) is 0 Å². The number of hydrogen-bond donors (Lipinski definition) is 2. The van der Waals surface area contributed by atoms with Crippen LogP contribution in [0.25, 0.3) is 0 Å². The second-order valence-electron chi connectivity index (χ2n) is 5.84. The lowest BCUT2D eigenvalue weighted by Gasteiger charge is -2.29. The van der Waals surface area contributed by atoms with E-state index in [4.69, 9.17) is 16.2 Å². The summed E-state index contributed by atoms with van der Waals surface area (Å²) >= 11 is 0. The number of allylic oxidation sites excluding steroid dienone is 1. The summed E-state index contributed by atoms with van der Waals surface area (Å²) in [5.41, 5.74) is 14.4. The predicted octanol–water partition coefficient (Wildman–Crippen LogP) is 3.05. The molecule has 0 saturated carbocycles. The quantitative estimate of drug-likeness (QED) is 0.803. The third kappa shape index (κ3) is 3.57. The van der Waals surface area contributed by atoms with Crippen molar-refractivity contribution in [2.75, 3.05) is 6.61 Å². The third-order valence-electron chi connectivity index (χ3n) is 4.24. The lowest BCUT2D eigenvalue weighted by Crippen LogP contribution is -2.30. The van der Waals surface area contributed by atoms with Crippen LogP contribution in [0, 0.1) is 12.7 Å². The second-order valence-corrected chi connectivity index (χ2v) is 5.84. The molecule has 0 amide bonds. The van der Waals surface area contributed by atoms with E-state index >= 15 is 0 Å². The Bertz CT molecular complexity index is 766. The average molecular weight is 345 g/mol. The standard InChI is InChI=1S/C19H24FN3O2/c1-4-7-15-17(19(24)25-5-2)16(13(10-21)18(22)23-15)12-8-6-9-14(20)11(12)3/h6,8-10,16H,4-5,7,21H2,1-3H3,(H2,22,23)/b13-10-. The van der Waals surface area contributed by atoms with Crippen LogP contribution < -0.4 is 11.5 Å². The summed E-state index contributed by atoms with van der Waals surface area (Å²) in [5.74, 6) is -1.18. The number of nitrogens with zero attached hydrogens (tertiary/aromatic N) is 1. The van der Waals surface area contributed by atoms with Crippen molar-refractivity contribution in [3.8, 4) is 0 Å². The van der Waals surface area contributed by atoms with Gasteiger partial charge in [0.25, 0.3) is 0 Å². The summed E-state index contributed by atoms with van der Waals surface area (Å²) < 4.78 is 19.4. The van der Waals surface area contributed by atoms with Gasteiger partial charge in [0.1, 0.15) is 11.7 Å². The monoisotopic (exact) mass is 345 g/mol. The van der Waals surface area contributed by atoms with Gasteiger partial charge in [-0.05, 0) is 37.5 Å². The van der Waals surface area contributed by atoms with Gasteiger partial charge < -0.3 is 16.2 Å². The van der Waals surface area contributed by atoms with E-state index in [1.165, 1.54) is 12.3 Å². The van der Waals surface area contributed by atoms with Gasteiger partial charge in [-0.1, -0.05) is 25.5 Å². The maximum absolute atomic E-state index is 14.1. The van der Waals surface area contributed by atoms with Crippen LogP contribution in [0.1, 0.15) is 43.7 Å². The van der Waals surface area contributed by atoms with E-state index in [-0.39, 0.29) is 18.3 Å². The van der Waals surface area contributed by atoms with Gasteiger partial charge in [0, 0.05) is 17.7 Å². The third-order valence-corrected chi connectivity index (χ3v) is 4.24. The molecule has 0 aromatic heterocycles. The molecule has 5 nitrogen and oxygen atoms in total. The molecular weight excluding hydrogens is 321 g/mol. The summed E-state index contributed by atoms with van der Waals surface area (Å²) in [5, 5.41) is 0. The lowest BCUT2D eigenvalue weighted by molar-refractivity contribution is -0.138. The summed E-state index contributed by atoms with van der Waals surface area (Å²) in [6.45, 7) is 5.62. The highest BCUT2D eigenvalue weighted by atomic mass is 19.1. The largest absolute Gasteiger partial charge is 0.463 e. The van der Waals surface area contributed by atoms with Crippen LogP contribution in [0.3, 0.4) is 0 Å². The number of benzene rings is 1. The number of carbonyl (C=O) groups excluding carboxylic acids is 1. The van der Waals surface area contributed by atoms with Crippen LogP contribution >= 0.6 is 0 Å². The smallest absolute Gasteiger partial charge is 0.336 e. The summed E-state index contributed by atoms with van der Waals surface area (Å²) in [4.78, 5) is 17.0. The Morgan fingerprint density at radius 1 is 1.40 bits per heavy atom. The number of aliphatic imine (C=N–C) groups is 1. The minimum atomic E-state index is -0.598. The van der Waals surface area contributed by atoms with Gasteiger partial charge in [0.15, 0.2) is 0 Å². The molecule has 0 saturated heterocycles. The zero-order valence-corrected chi connectivity index (χ0v) is 14.8. The summed E-state index contributed by atoms with van der Waals surface area (Å²) in [6, 6.07) is 4.76. The van der Waals surface area contributed by atoms with Crippen LogP contribution in [0.15, 0.2) is 46.2 Å². The molecule has 1 aliphatic rings. The number of carbonyl (C=O) groups is 1. The average Bonchev–Trinajstić information content (AvgIpc) is 2.57. The molecule has 1 aliphatic heterocycles. The van der Waals surface area contributed by atoms with Gasteiger partial charge in [-0.3, -0.25) is 0 Å². The van der Waals surface area contributed by atoms with Crippen molar-refractivity contribution in [2.45, 2.75) is 39.5 Å². The Hall–Kier alpha value is -2.63. The molecule has 4 N–H and O–H groups in total. The first kappa shape index (κ1) is 18.7. The van der Waals surface area contributed by atoms with Gasteiger partial charge in [-0.25, -0.2) is 14.2 Å². The Labute approximate surface area is 147 Å². The highest BCUT2D eigenvalue weighted by Gasteiger charge is 2.36.